The molecule has 0 radical (unpaired) electrons. The largest absolute Gasteiger partial charge is 0.478 e. The number of benzene rings is 3. The molecule has 2 saturated heterocycles. The van der Waals surface area contributed by atoms with Crippen LogP contribution in [0.4, 0.5) is 4.39 Å². The summed E-state index contributed by atoms with van der Waals surface area (Å²) in [6.07, 6.45) is 3.09. The van der Waals surface area contributed by atoms with E-state index in [-0.39, 0.29) is 28.7 Å². The van der Waals surface area contributed by atoms with Crippen molar-refractivity contribution in [2.24, 2.45) is 5.92 Å². The van der Waals surface area contributed by atoms with Crippen molar-refractivity contribution in [2.75, 3.05) is 13.2 Å². The SMILES string of the molecule is C[C@]1(c2ccc(C#N)cc2F)Oc2cccc([C@@H]3CCN(Cc4nc5ccc(C(=O)O)cc5n4C[C@@H]4CCO4)[C@@H]4C[C@@H]43)c2O1. The van der Waals surface area contributed by atoms with E-state index in [0.717, 1.165) is 54.8 Å². The Labute approximate surface area is 253 Å². The van der Waals surface area contributed by atoms with Gasteiger partial charge in [-0.3, -0.25) is 4.90 Å². The van der Waals surface area contributed by atoms with Crippen molar-refractivity contribution in [1.29, 1.82) is 5.26 Å². The number of halogens is 1. The summed E-state index contributed by atoms with van der Waals surface area (Å²) in [6.45, 7) is 4.68. The van der Waals surface area contributed by atoms with Crippen molar-refractivity contribution in [3.05, 3.63) is 88.5 Å². The van der Waals surface area contributed by atoms with Gasteiger partial charge in [0.2, 0.25) is 0 Å². The summed E-state index contributed by atoms with van der Waals surface area (Å²) < 4.78 is 35.5. The van der Waals surface area contributed by atoms with Crippen molar-refractivity contribution in [3.8, 4) is 17.6 Å². The first kappa shape index (κ1) is 27.1. The Balaban J connectivity index is 1.03. The molecule has 1 N–H and O–H groups in total. The number of aromatic carboxylic acids is 1. The number of likely N-dealkylation sites (tertiary alicyclic amines) is 1. The fourth-order valence-electron chi connectivity index (χ4n) is 7.27. The predicted molar refractivity (Wildman–Crippen MR) is 157 cm³/mol. The zero-order chi connectivity index (χ0) is 30.2. The van der Waals surface area contributed by atoms with Crippen LogP contribution in [-0.4, -0.2) is 50.8 Å². The molecule has 0 bridgehead atoms. The monoisotopic (exact) mass is 594 g/mol. The molecule has 1 aromatic heterocycles. The van der Waals surface area contributed by atoms with Crippen molar-refractivity contribution < 1.29 is 28.5 Å². The highest BCUT2D eigenvalue weighted by molar-refractivity contribution is 5.92. The zero-order valence-electron chi connectivity index (χ0n) is 24.2. The highest BCUT2D eigenvalue weighted by Crippen LogP contribution is 2.57. The van der Waals surface area contributed by atoms with Crippen molar-refractivity contribution in [3.63, 3.8) is 0 Å². The fraction of sp³-hybridized carbons (Fsp3) is 0.382. The molecule has 0 unspecified atom stereocenters. The average Bonchev–Trinajstić information content (AvgIpc) is 3.61. The van der Waals surface area contributed by atoms with Gasteiger partial charge in [-0.2, -0.15) is 5.26 Å². The van der Waals surface area contributed by atoms with Gasteiger partial charge >= 0.3 is 5.97 Å². The van der Waals surface area contributed by atoms with Gasteiger partial charge in [-0.15, -0.1) is 0 Å². The van der Waals surface area contributed by atoms with Crippen LogP contribution in [0.2, 0.25) is 0 Å². The first-order chi connectivity index (χ1) is 21.3. The third kappa shape index (κ3) is 4.42. The predicted octanol–water partition coefficient (Wildman–Crippen LogP) is 5.56. The second-order valence-corrected chi connectivity index (χ2v) is 12.4. The molecule has 5 atom stereocenters. The molecule has 0 spiro atoms. The summed E-state index contributed by atoms with van der Waals surface area (Å²) in [5.41, 5.74) is 3.46. The molecule has 10 heteroatoms. The molecule has 4 heterocycles. The topological polar surface area (TPSA) is 110 Å². The highest BCUT2D eigenvalue weighted by atomic mass is 19.1. The minimum absolute atomic E-state index is 0.116. The molecule has 3 fully saturated rings. The molecule has 44 heavy (non-hydrogen) atoms. The first-order valence-corrected chi connectivity index (χ1v) is 15.1. The average molecular weight is 595 g/mol. The van der Waals surface area contributed by atoms with Gasteiger partial charge in [-0.05, 0) is 80.1 Å². The van der Waals surface area contributed by atoms with Crippen molar-refractivity contribution >= 4 is 17.0 Å². The molecule has 4 aromatic rings. The summed E-state index contributed by atoms with van der Waals surface area (Å²) in [7, 11) is 0. The number of ether oxygens (including phenoxy) is 3. The number of carboxylic acid groups (broad SMARTS) is 1. The number of para-hydroxylation sites is 1. The van der Waals surface area contributed by atoms with Gasteiger partial charge in [0.25, 0.3) is 5.79 Å². The number of hydrogen-bond donors (Lipinski definition) is 1. The summed E-state index contributed by atoms with van der Waals surface area (Å²) in [5.74, 6) is 0.106. The van der Waals surface area contributed by atoms with E-state index in [1.807, 2.05) is 18.2 Å². The lowest BCUT2D eigenvalue weighted by molar-refractivity contribution is -0.0712. The number of piperidine rings is 1. The lowest BCUT2D eigenvalue weighted by Gasteiger charge is -2.33. The van der Waals surface area contributed by atoms with Crippen LogP contribution in [-0.2, 0) is 23.6 Å². The maximum absolute atomic E-state index is 15.0. The van der Waals surface area contributed by atoms with Crippen LogP contribution < -0.4 is 9.47 Å². The smallest absolute Gasteiger partial charge is 0.335 e. The van der Waals surface area contributed by atoms with E-state index in [1.165, 1.54) is 6.07 Å². The number of fused-ring (bicyclic) bond motifs is 3. The van der Waals surface area contributed by atoms with Crippen LogP contribution in [0, 0.1) is 23.1 Å². The maximum atomic E-state index is 15.0. The highest BCUT2D eigenvalue weighted by Gasteiger charge is 2.52. The minimum atomic E-state index is -1.33. The molecule has 224 valence electrons. The first-order valence-electron chi connectivity index (χ1n) is 15.1. The van der Waals surface area contributed by atoms with Crippen LogP contribution in [0.3, 0.4) is 0 Å². The molecule has 8 rings (SSSR count). The number of nitriles is 1. The normalized spacial score (nSPS) is 27.0. The number of nitrogens with zero attached hydrogens (tertiary/aromatic N) is 4. The Morgan fingerprint density at radius 1 is 1.18 bits per heavy atom. The van der Waals surface area contributed by atoms with E-state index in [1.54, 1.807) is 37.3 Å². The van der Waals surface area contributed by atoms with Gasteiger partial charge in [0.1, 0.15) is 11.6 Å². The second kappa shape index (κ2) is 10.0. The molecule has 0 amide bonds. The summed E-state index contributed by atoms with van der Waals surface area (Å²) >= 11 is 0. The van der Waals surface area contributed by atoms with Gasteiger partial charge < -0.3 is 23.9 Å². The Morgan fingerprint density at radius 3 is 2.80 bits per heavy atom. The Kier molecular flexibility index (Phi) is 6.19. The molecule has 1 aliphatic carbocycles. The van der Waals surface area contributed by atoms with E-state index in [0.29, 0.717) is 36.5 Å². The zero-order valence-corrected chi connectivity index (χ0v) is 24.2. The van der Waals surface area contributed by atoms with Crippen LogP contribution in [0.5, 0.6) is 11.5 Å². The van der Waals surface area contributed by atoms with E-state index in [4.69, 9.17) is 24.5 Å². The maximum Gasteiger partial charge on any atom is 0.335 e. The van der Waals surface area contributed by atoms with Crippen LogP contribution in [0.1, 0.15) is 65.0 Å². The van der Waals surface area contributed by atoms with E-state index in [9.17, 15) is 14.3 Å². The Hall–Kier alpha value is -4.46. The summed E-state index contributed by atoms with van der Waals surface area (Å²) in [5, 5.41) is 18.7. The molecule has 9 nitrogen and oxygen atoms in total. The van der Waals surface area contributed by atoms with Crippen LogP contribution >= 0.6 is 0 Å². The third-order valence-corrected chi connectivity index (χ3v) is 9.71. The van der Waals surface area contributed by atoms with E-state index < -0.39 is 17.6 Å². The molecular formula is C34H31FN4O5. The molecule has 3 aromatic carbocycles. The summed E-state index contributed by atoms with van der Waals surface area (Å²) in [4.78, 5) is 19.1. The van der Waals surface area contributed by atoms with Crippen molar-refractivity contribution in [2.45, 2.75) is 63.1 Å². The lowest BCUT2D eigenvalue weighted by Crippen LogP contribution is -2.36. The lowest BCUT2D eigenvalue weighted by atomic mass is 9.87. The second-order valence-electron chi connectivity index (χ2n) is 12.4. The third-order valence-electron chi connectivity index (χ3n) is 9.71. The minimum Gasteiger partial charge on any atom is -0.478 e. The summed E-state index contributed by atoms with van der Waals surface area (Å²) in [6, 6.07) is 17.7. The van der Waals surface area contributed by atoms with Crippen LogP contribution in [0.15, 0.2) is 54.6 Å². The number of carboxylic acids is 1. The van der Waals surface area contributed by atoms with E-state index in [2.05, 4.69) is 15.5 Å². The van der Waals surface area contributed by atoms with Gasteiger partial charge in [0.05, 0.1) is 53.0 Å². The van der Waals surface area contributed by atoms with Crippen LogP contribution in [0.25, 0.3) is 11.0 Å². The number of rotatable bonds is 7. The number of hydrogen-bond acceptors (Lipinski definition) is 7. The molecular weight excluding hydrogens is 563 g/mol. The fourth-order valence-corrected chi connectivity index (χ4v) is 7.27. The van der Waals surface area contributed by atoms with E-state index >= 15 is 0 Å². The molecule has 3 aliphatic heterocycles. The van der Waals surface area contributed by atoms with Crippen molar-refractivity contribution in [1.82, 2.24) is 14.5 Å². The van der Waals surface area contributed by atoms with Gasteiger partial charge in [-0.1, -0.05) is 12.1 Å². The van der Waals surface area contributed by atoms with Gasteiger partial charge in [-0.25, -0.2) is 14.2 Å². The Morgan fingerprint density at radius 2 is 2.05 bits per heavy atom. The number of imidazole rings is 1. The quantitative estimate of drug-likeness (QED) is 0.296. The van der Waals surface area contributed by atoms with Gasteiger partial charge in [0.15, 0.2) is 11.5 Å². The molecule has 4 aliphatic rings. The molecule has 1 saturated carbocycles. The number of aromatic nitrogens is 2. The standard InChI is InChI=1S/C34H31FN4O5/c1-34(25-7-5-19(16-36)13-26(25)35)43-30-4-2-3-23(32(30)44-34)22-9-11-38(28-15-24(22)28)18-31-37-27-8-6-20(33(40)41)14-29(27)39(31)17-21-10-12-42-21/h2-8,13-14,21-22,24,28H,9-12,15,17-18H2,1H3,(H,40,41)/t21-,22-,24+,28+,34-/m0/s1. The van der Waals surface area contributed by atoms with Gasteiger partial charge in [0, 0.05) is 25.1 Å². The Bertz CT molecular complexity index is 1860. The number of carbonyl (C=O) groups is 1.